The molecule has 0 saturated heterocycles. The third kappa shape index (κ3) is 66.3. The molecule has 0 spiro atoms. The summed E-state index contributed by atoms with van der Waals surface area (Å²) in [5.41, 5.74) is 0. The Kier molecular flexibility index (Phi) is 65.4. The fourth-order valence-corrected chi connectivity index (χ4v) is 9.14. The van der Waals surface area contributed by atoms with Crippen LogP contribution in [0.3, 0.4) is 0 Å². The minimum atomic E-state index is -0.794. The number of hydrogen-bond acceptors (Lipinski definition) is 5. The summed E-state index contributed by atoms with van der Waals surface area (Å²) in [6, 6.07) is 0. The van der Waals surface area contributed by atoms with Gasteiger partial charge in [-0.15, -0.1) is 0 Å². The molecule has 5 nitrogen and oxygen atoms in total. The SMILES string of the molecule is CC/C=C\C/C=C\C/C=C\C/C=C\C/C=C\C/C=C\C/C=C\C/C=C\C/C=C\CCCCCCCC(=O)OC(CO)COC(=O)CCCCCCCCCCCCCCCCCCCC/C=C\C/C=C\C/C=C\CCCCCCC. The van der Waals surface area contributed by atoms with E-state index in [1.165, 1.54) is 141 Å². The van der Waals surface area contributed by atoms with Crippen molar-refractivity contribution in [2.45, 2.75) is 302 Å². The Morgan fingerprint density at radius 3 is 0.812 bits per heavy atom. The monoisotopic (exact) mass is 1100 g/mol. The van der Waals surface area contributed by atoms with Crippen molar-refractivity contribution in [3.63, 3.8) is 0 Å². The van der Waals surface area contributed by atoms with Gasteiger partial charge in [0.15, 0.2) is 6.10 Å². The fourth-order valence-electron chi connectivity index (χ4n) is 9.14. The van der Waals surface area contributed by atoms with Gasteiger partial charge in [-0.25, -0.2) is 0 Å². The number of unbranched alkanes of at least 4 members (excludes halogenated alkanes) is 28. The number of carbonyl (C=O) groups excluding carboxylic acids is 2. The van der Waals surface area contributed by atoms with Crippen LogP contribution in [0.25, 0.3) is 0 Å². The summed E-state index contributed by atoms with van der Waals surface area (Å²) in [7, 11) is 0. The maximum atomic E-state index is 12.3. The van der Waals surface area contributed by atoms with Gasteiger partial charge in [-0.2, -0.15) is 0 Å². The molecule has 0 saturated carbocycles. The highest BCUT2D eigenvalue weighted by Crippen LogP contribution is 2.16. The average Bonchev–Trinajstić information content (AvgIpc) is 3.46. The second-order valence-electron chi connectivity index (χ2n) is 21.8. The molecule has 0 aromatic carbocycles. The molecule has 0 rings (SSSR count). The third-order valence-electron chi connectivity index (χ3n) is 14.1. The average molecular weight is 1110 g/mol. The Hall–Kier alpha value is -4.22. The smallest absolute Gasteiger partial charge is 0.306 e. The highest BCUT2D eigenvalue weighted by Gasteiger charge is 2.16. The molecular weight excluding hydrogens is 981 g/mol. The Morgan fingerprint density at radius 2 is 0.537 bits per heavy atom. The van der Waals surface area contributed by atoms with Crippen LogP contribution in [0.4, 0.5) is 0 Å². The lowest BCUT2D eigenvalue weighted by atomic mass is 10.0. The Bertz CT molecular complexity index is 1680. The molecule has 0 aromatic rings. The second-order valence-corrected chi connectivity index (χ2v) is 21.8. The highest BCUT2D eigenvalue weighted by molar-refractivity contribution is 5.70. The minimum absolute atomic E-state index is 0.0806. The van der Waals surface area contributed by atoms with E-state index in [0.29, 0.717) is 12.8 Å². The standard InChI is InChI=1S/C75H124O5/c1-3-5-7-9-11-13-15-17-19-21-23-25-27-29-31-33-35-37-39-41-43-45-47-49-51-53-55-57-59-61-63-65-67-69-74(77)79-72-73(71-76)80-75(78)70-68-66-64-62-60-58-56-54-52-50-48-46-44-42-40-38-36-34-32-30-28-26-24-22-20-18-16-14-12-10-8-6-4-2/h6,8,12,14-15,17-18,20-21,23-24,26-27,29-30,32,36,38,42,44,48,50,54,56,73,76H,3-5,7,9-11,13,16,19,22,25,28,31,33-35,37,39-41,43,45-47,49,51-53,55,57-72H2,1-2H3/b8-6-,14-12-,17-15-,20-18-,23-21-,26-24-,29-27-,32-30-,38-36-,44-42-,50-48-,56-54-. The van der Waals surface area contributed by atoms with Crippen molar-refractivity contribution in [1.29, 1.82) is 0 Å². The van der Waals surface area contributed by atoms with Crippen LogP contribution < -0.4 is 0 Å². The maximum Gasteiger partial charge on any atom is 0.306 e. The molecular formula is C75H124O5. The van der Waals surface area contributed by atoms with Crippen LogP contribution in [0.2, 0.25) is 0 Å². The normalized spacial score (nSPS) is 13.2. The quantitative estimate of drug-likeness (QED) is 0.0373. The number of esters is 2. The Balaban J connectivity index is 3.56. The molecule has 0 bridgehead atoms. The van der Waals surface area contributed by atoms with Gasteiger partial charge in [0.05, 0.1) is 6.61 Å². The van der Waals surface area contributed by atoms with Crippen LogP contribution in [-0.2, 0) is 19.1 Å². The number of allylic oxidation sites excluding steroid dienone is 24. The highest BCUT2D eigenvalue weighted by atomic mass is 16.6. The molecule has 0 heterocycles. The van der Waals surface area contributed by atoms with Gasteiger partial charge in [-0.3, -0.25) is 9.59 Å². The summed E-state index contributed by atoms with van der Waals surface area (Å²) in [6.45, 7) is 4.01. The van der Waals surface area contributed by atoms with Crippen LogP contribution in [0.1, 0.15) is 296 Å². The number of hydrogen-bond donors (Lipinski definition) is 1. The van der Waals surface area contributed by atoms with Crippen molar-refractivity contribution >= 4 is 11.9 Å². The van der Waals surface area contributed by atoms with Gasteiger partial charge in [0.25, 0.3) is 0 Å². The van der Waals surface area contributed by atoms with Gasteiger partial charge in [0.2, 0.25) is 0 Å². The van der Waals surface area contributed by atoms with Gasteiger partial charge in [-0.1, -0.05) is 307 Å². The maximum absolute atomic E-state index is 12.3. The number of aliphatic hydroxyl groups excluding tert-OH is 1. The number of rotatable bonds is 60. The van der Waals surface area contributed by atoms with Crippen LogP contribution in [0, 0.1) is 0 Å². The van der Waals surface area contributed by atoms with Gasteiger partial charge >= 0.3 is 11.9 Å². The minimum Gasteiger partial charge on any atom is -0.462 e. The van der Waals surface area contributed by atoms with E-state index in [9.17, 15) is 14.7 Å². The number of aliphatic hydroxyl groups is 1. The molecule has 1 N–H and O–H groups in total. The molecule has 80 heavy (non-hydrogen) atoms. The molecule has 1 atom stereocenters. The van der Waals surface area contributed by atoms with E-state index in [1.807, 2.05) is 0 Å². The zero-order valence-corrected chi connectivity index (χ0v) is 52.0. The molecule has 0 amide bonds. The van der Waals surface area contributed by atoms with Gasteiger partial charge < -0.3 is 14.6 Å². The number of carbonyl (C=O) groups is 2. The Morgan fingerprint density at radius 1 is 0.300 bits per heavy atom. The molecule has 0 aliphatic heterocycles. The van der Waals surface area contributed by atoms with Crippen molar-refractivity contribution < 1.29 is 24.2 Å². The third-order valence-corrected chi connectivity index (χ3v) is 14.1. The zero-order chi connectivity index (χ0) is 57.6. The van der Waals surface area contributed by atoms with Crippen LogP contribution in [0.5, 0.6) is 0 Å². The molecule has 0 aliphatic carbocycles. The topological polar surface area (TPSA) is 72.8 Å². The van der Waals surface area contributed by atoms with Crippen molar-refractivity contribution in [3.05, 3.63) is 146 Å². The summed E-state index contributed by atoms with van der Waals surface area (Å²) < 4.78 is 10.7. The summed E-state index contributed by atoms with van der Waals surface area (Å²) >= 11 is 0. The van der Waals surface area contributed by atoms with E-state index < -0.39 is 6.10 Å². The molecule has 1 unspecified atom stereocenters. The first-order chi connectivity index (χ1) is 39.6. The molecule has 0 radical (unpaired) electrons. The summed E-state index contributed by atoms with van der Waals surface area (Å²) in [6.07, 6.45) is 104. The lowest BCUT2D eigenvalue weighted by molar-refractivity contribution is -0.161. The molecule has 0 aromatic heterocycles. The van der Waals surface area contributed by atoms with E-state index >= 15 is 0 Å². The van der Waals surface area contributed by atoms with Gasteiger partial charge in [0, 0.05) is 12.8 Å². The lowest BCUT2D eigenvalue weighted by Gasteiger charge is -2.15. The summed E-state index contributed by atoms with van der Waals surface area (Å²) in [5.74, 6) is -0.614. The van der Waals surface area contributed by atoms with E-state index in [4.69, 9.17) is 9.47 Å². The zero-order valence-electron chi connectivity index (χ0n) is 52.0. The number of ether oxygens (including phenoxy) is 2. The van der Waals surface area contributed by atoms with Crippen LogP contribution >= 0.6 is 0 Å². The summed E-state index contributed by atoms with van der Waals surface area (Å²) in [4.78, 5) is 24.6. The fraction of sp³-hybridized carbons (Fsp3) is 0.653. The summed E-state index contributed by atoms with van der Waals surface area (Å²) in [5, 5.41) is 9.69. The first-order valence-electron chi connectivity index (χ1n) is 33.4. The largest absolute Gasteiger partial charge is 0.462 e. The molecule has 0 fully saturated rings. The first-order valence-corrected chi connectivity index (χ1v) is 33.4. The molecule has 454 valence electrons. The predicted octanol–water partition coefficient (Wildman–Crippen LogP) is 23.3. The van der Waals surface area contributed by atoms with Gasteiger partial charge in [-0.05, 0) is 122 Å². The van der Waals surface area contributed by atoms with E-state index in [0.717, 1.165) is 128 Å². The van der Waals surface area contributed by atoms with Crippen LogP contribution in [0.15, 0.2) is 146 Å². The van der Waals surface area contributed by atoms with Crippen molar-refractivity contribution in [2.24, 2.45) is 0 Å². The molecule has 0 aliphatic rings. The van der Waals surface area contributed by atoms with Crippen molar-refractivity contribution in [2.75, 3.05) is 13.2 Å². The predicted molar refractivity (Wildman–Crippen MR) is 352 cm³/mol. The first kappa shape index (κ1) is 75.8. The van der Waals surface area contributed by atoms with E-state index in [-0.39, 0.29) is 25.2 Å². The molecule has 5 heteroatoms. The second kappa shape index (κ2) is 69.1. The van der Waals surface area contributed by atoms with Crippen molar-refractivity contribution in [1.82, 2.24) is 0 Å². The van der Waals surface area contributed by atoms with Gasteiger partial charge in [0.1, 0.15) is 6.61 Å². The van der Waals surface area contributed by atoms with E-state index in [1.54, 1.807) is 0 Å². The van der Waals surface area contributed by atoms with Crippen molar-refractivity contribution in [3.8, 4) is 0 Å². The van der Waals surface area contributed by atoms with Crippen LogP contribution in [-0.4, -0.2) is 36.4 Å². The lowest BCUT2D eigenvalue weighted by Crippen LogP contribution is -2.28. The van der Waals surface area contributed by atoms with E-state index in [2.05, 4.69) is 160 Å². The Labute approximate surface area is 495 Å².